The van der Waals surface area contributed by atoms with Gasteiger partial charge in [-0.15, -0.1) is 23.2 Å². The van der Waals surface area contributed by atoms with Crippen LogP contribution in [0, 0.1) is 12.8 Å². The minimum atomic E-state index is -1.33. The maximum atomic E-state index is 13.2. The Hall–Kier alpha value is -2.97. The Morgan fingerprint density at radius 2 is 1.60 bits per heavy atom. The van der Waals surface area contributed by atoms with E-state index in [0.29, 0.717) is 38.3 Å². The molecule has 0 bridgehead atoms. The normalized spacial score (nSPS) is 17.6. The molecule has 0 spiro atoms. The van der Waals surface area contributed by atoms with E-state index in [1.165, 1.54) is 0 Å². The number of amides is 3. The van der Waals surface area contributed by atoms with E-state index >= 15 is 0 Å². The number of rotatable bonds is 6. The van der Waals surface area contributed by atoms with E-state index in [1.54, 1.807) is 54.6 Å². The molecule has 2 atom stereocenters. The van der Waals surface area contributed by atoms with Crippen LogP contribution in [-0.4, -0.2) is 22.2 Å². The smallest absolute Gasteiger partial charge is 0.409 e. The minimum Gasteiger partial charge on any atom is -0.410 e. The number of ether oxygens (including phenoxy) is 1. The zero-order valence-electron chi connectivity index (χ0n) is 22.1. The maximum Gasteiger partial charge on any atom is 0.409 e. The summed E-state index contributed by atoms with van der Waals surface area (Å²) in [5.41, 5.74) is 8.19. The van der Waals surface area contributed by atoms with Gasteiger partial charge in [-0.3, -0.25) is 9.59 Å². The number of hydrogen-bond donors (Lipinski definition) is 3. The minimum absolute atomic E-state index is 0.309. The van der Waals surface area contributed by atoms with Crippen molar-refractivity contribution in [2.45, 2.75) is 43.4 Å². The number of carbonyl (C=O) groups excluding carboxylic acids is 3. The average molecular weight is 623 g/mol. The van der Waals surface area contributed by atoms with Crippen molar-refractivity contribution in [1.82, 2.24) is 0 Å². The molecule has 3 aromatic carbocycles. The highest BCUT2D eigenvalue weighted by atomic mass is 35.5. The Bertz CT molecular complexity index is 1500. The van der Waals surface area contributed by atoms with E-state index in [2.05, 4.69) is 10.6 Å². The Morgan fingerprint density at radius 3 is 2.20 bits per heavy atom. The molecule has 0 unspecified atom stereocenters. The van der Waals surface area contributed by atoms with Gasteiger partial charge in [0, 0.05) is 38.5 Å². The van der Waals surface area contributed by atoms with Gasteiger partial charge in [-0.05, 0) is 72.0 Å². The highest BCUT2D eigenvalue weighted by Gasteiger charge is 2.67. The number of alkyl halides is 2. The molecule has 0 heterocycles. The monoisotopic (exact) mass is 621 g/mol. The van der Waals surface area contributed by atoms with Crippen LogP contribution in [0.25, 0.3) is 0 Å². The fourth-order valence-corrected chi connectivity index (χ4v) is 6.29. The number of primary amides is 1. The fourth-order valence-electron chi connectivity index (χ4n) is 4.92. The molecule has 0 aliphatic heterocycles. The van der Waals surface area contributed by atoms with Gasteiger partial charge in [0.2, 0.25) is 5.91 Å². The first-order valence-electron chi connectivity index (χ1n) is 12.3. The van der Waals surface area contributed by atoms with Crippen molar-refractivity contribution in [2.24, 2.45) is 11.7 Å². The lowest BCUT2D eigenvalue weighted by molar-refractivity contribution is -0.117. The molecule has 40 heavy (non-hydrogen) atoms. The van der Waals surface area contributed by atoms with Crippen molar-refractivity contribution in [2.75, 3.05) is 10.6 Å². The molecule has 210 valence electrons. The highest BCUT2D eigenvalue weighted by Crippen LogP contribution is 2.65. The molecule has 0 radical (unpaired) electrons. The molecular formula is C29H27Cl4N3O4. The van der Waals surface area contributed by atoms with Gasteiger partial charge in [0.1, 0.15) is 10.1 Å². The van der Waals surface area contributed by atoms with Crippen LogP contribution < -0.4 is 21.1 Å². The molecule has 1 aliphatic rings. The molecule has 7 nitrogen and oxygen atoms in total. The maximum absolute atomic E-state index is 13.2. The van der Waals surface area contributed by atoms with Crippen molar-refractivity contribution in [3.05, 3.63) is 86.9 Å². The summed E-state index contributed by atoms with van der Waals surface area (Å²) in [6.45, 7) is 7.71. The number of nitrogens with two attached hydrogens (primary N) is 1. The average Bonchev–Trinajstić information content (AvgIpc) is 3.41. The summed E-state index contributed by atoms with van der Waals surface area (Å²) in [6.07, 6.45) is -0.921. The largest absolute Gasteiger partial charge is 0.410 e. The van der Waals surface area contributed by atoms with E-state index < -0.39 is 39.5 Å². The second-order valence-electron chi connectivity index (χ2n) is 10.6. The molecule has 0 saturated heterocycles. The van der Waals surface area contributed by atoms with Gasteiger partial charge >= 0.3 is 6.09 Å². The van der Waals surface area contributed by atoms with Crippen LogP contribution in [0.5, 0.6) is 5.75 Å². The molecule has 1 fully saturated rings. The SMILES string of the molecule is Cc1c(NC(=O)c2cccc(NC(=O)[C@H]3[C@H](c4cc(Cl)cc(Cl)c4)C3(Cl)Cl)c2)ccc(OC(N)=O)c1C(C)(C)C. The predicted octanol–water partition coefficient (Wildman–Crippen LogP) is 7.84. The summed E-state index contributed by atoms with van der Waals surface area (Å²) in [5, 5.41) is 6.52. The Balaban J connectivity index is 1.52. The second kappa shape index (κ2) is 11.1. The first-order chi connectivity index (χ1) is 18.6. The standard InChI is InChI=1S/C29H27Cl4N3O4/c1-14-20(8-9-21(40-27(34)39)22(14)28(2,3)4)36-25(37)15-6-5-7-19(12-15)35-26(38)24-23(29(24,32)33)16-10-17(30)13-18(31)11-16/h5-13,23-24H,1-4H3,(H2,34,39)(H,35,38)(H,36,37)/t23-,24+/m0/s1. The molecule has 3 aromatic rings. The first-order valence-corrected chi connectivity index (χ1v) is 13.8. The lowest BCUT2D eigenvalue weighted by atomic mass is 9.82. The van der Waals surface area contributed by atoms with E-state index in [-0.39, 0.29) is 0 Å². The molecule has 11 heteroatoms. The van der Waals surface area contributed by atoms with Crippen LogP contribution in [0.4, 0.5) is 16.2 Å². The molecule has 1 saturated carbocycles. The van der Waals surface area contributed by atoms with Crippen molar-refractivity contribution in [3.8, 4) is 5.75 Å². The van der Waals surface area contributed by atoms with Crippen LogP contribution >= 0.6 is 46.4 Å². The van der Waals surface area contributed by atoms with Gasteiger partial charge in [0.15, 0.2) is 0 Å². The van der Waals surface area contributed by atoms with Gasteiger partial charge in [-0.2, -0.15) is 0 Å². The molecule has 1 aliphatic carbocycles. The van der Waals surface area contributed by atoms with Crippen LogP contribution in [-0.2, 0) is 10.2 Å². The quantitative estimate of drug-likeness (QED) is 0.243. The number of anilines is 2. The van der Waals surface area contributed by atoms with Gasteiger partial charge in [0.25, 0.3) is 5.91 Å². The van der Waals surface area contributed by atoms with Gasteiger partial charge in [-0.25, -0.2) is 4.79 Å². The Labute approximate surface area is 252 Å². The Morgan fingerprint density at radius 1 is 0.950 bits per heavy atom. The van der Waals surface area contributed by atoms with Gasteiger partial charge in [0.05, 0.1) is 5.92 Å². The van der Waals surface area contributed by atoms with Crippen molar-refractivity contribution < 1.29 is 19.1 Å². The lowest BCUT2D eigenvalue weighted by Gasteiger charge is -2.26. The summed E-state index contributed by atoms with van der Waals surface area (Å²) < 4.78 is 3.86. The summed E-state index contributed by atoms with van der Waals surface area (Å²) in [4.78, 5) is 37.7. The number of halogens is 4. The first kappa shape index (κ1) is 30.0. The van der Waals surface area contributed by atoms with Crippen LogP contribution in [0.3, 0.4) is 0 Å². The lowest BCUT2D eigenvalue weighted by Crippen LogP contribution is -2.22. The third-order valence-corrected chi connectivity index (χ3v) is 7.98. The van der Waals surface area contributed by atoms with Crippen molar-refractivity contribution in [3.63, 3.8) is 0 Å². The second-order valence-corrected chi connectivity index (χ2v) is 13.0. The molecule has 0 aromatic heterocycles. The summed E-state index contributed by atoms with van der Waals surface area (Å²) in [7, 11) is 0. The number of hydrogen-bond acceptors (Lipinski definition) is 4. The highest BCUT2D eigenvalue weighted by molar-refractivity contribution is 6.53. The van der Waals surface area contributed by atoms with E-state index in [1.807, 2.05) is 27.7 Å². The summed E-state index contributed by atoms with van der Waals surface area (Å²) >= 11 is 25.2. The topological polar surface area (TPSA) is 111 Å². The predicted molar refractivity (Wildman–Crippen MR) is 160 cm³/mol. The third kappa shape index (κ3) is 6.33. The van der Waals surface area contributed by atoms with Crippen molar-refractivity contribution >= 4 is 75.7 Å². The van der Waals surface area contributed by atoms with Crippen molar-refractivity contribution in [1.29, 1.82) is 0 Å². The molecule has 4 rings (SSSR count). The van der Waals surface area contributed by atoms with Gasteiger partial charge < -0.3 is 21.1 Å². The van der Waals surface area contributed by atoms with Gasteiger partial charge in [-0.1, -0.05) is 50.0 Å². The zero-order valence-corrected chi connectivity index (χ0v) is 25.1. The number of nitrogens with one attached hydrogen (secondary N) is 2. The van der Waals surface area contributed by atoms with E-state index in [0.717, 1.165) is 11.1 Å². The number of benzene rings is 3. The molecule has 3 amide bonds. The molecular weight excluding hydrogens is 596 g/mol. The fraction of sp³-hybridized carbons (Fsp3) is 0.276. The van der Waals surface area contributed by atoms with E-state index in [4.69, 9.17) is 56.9 Å². The Kier molecular flexibility index (Phi) is 8.35. The molecule has 4 N–H and O–H groups in total. The summed E-state index contributed by atoms with van der Waals surface area (Å²) in [6, 6.07) is 14.6. The van der Waals surface area contributed by atoms with Crippen LogP contribution in [0.2, 0.25) is 10.0 Å². The number of carbonyl (C=O) groups is 3. The van der Waals surface area contributed by atoms with Crippen LogP contribution in [0.1, 0.15) is 53.7 Å². The third-order valence-electron chi connectivity index (χ3n) is 6.61. The summed E-state index contributed by atoms with van der Waals surface area (Å²) in [5.74, 6) is -1.72. The van der Waals surface area contributed by atoms with Crippen LogP contribution in [0.15, 0.2) is 54.6 Å². The zero-order chi connectivity index (χ0) is 29.6. The van der Waals surface area contributed by atoms with E-state index in [9.17, 15) is 14.4 Å².